The molecular weight excluding hydrogens is 299 g/mol. The number of esters is 1. The summed E-state index contributed by atoms with van der Waals surface area (Å²) in [5, 5.41) is 0. The van der Waals surface area contributed by atoms with Crippen molar-refractivity contribution < 1.29 is 27.4 Å². The Morgan fingerprint density at radius 1 is 1.45 bits per heavy atom. The number of alkyl halides is 2. The average Bonchev–Trinajstić information content (AvgIpc) is 2.37. The molecule has 0 radical (unpaired) electrons. The molecule has 114 valence electrons. The smallest absolute Gasteiger partial charge is 0.379 e. The Kier molecular flexibility index (Phi) is 6.81. The number of hydrogen-bond donors (Lipinski definition) is 1. The molecule has 0 fully saturated rings. The molecule has 0 aliphatic carbocycles. The quantitative estimate of drug-likeness (QED) is 0.848. The van der Waals surface area contributed by atoms with Gasteiger partial charge in [0.05, 0.1) is 13.7 Å². The van der Waals surface area contributed by atoms with Crippen LogP contribution in [-0.4, -0.2) is 25.6 Å². The Labute approximate surface area is 120 Å². The number of carbonyl (C=O) groups excluding carboxylic acids is 1. The van der Waals surface area contributed by atoms with Gasteiger partial charge >= 0.3 is 11.9 Å². The van der Waals surface area contributed by atoms with E-state index >= 15 is 0 Å². The zero-order valence-corrected chi connectivity index (χ0v) is 11.7. The maximum Gasteiger partial charge on any atom is 0.379 e. The van der Waals surface area contributed by atoms with E-state index in [9.17, 15) is 18.0 Å². The van der Waals surface area contributed by atoms with Crippen molar-refractivity contribution in [2.75, 3.05) is 13.7 Å². The fraction of sp³-hybridized carbons (Fsp3) is 0.417. The fourth-order valence-electron chi connectivity index (χ4n) is 1.49. The minimum atomic E-state index is -3.93. The monoisotopic (exact) mass is 313 g/mol. The lowest BCUT2D eigenvalue weighted by molar-refractivity contribution is -0.174. The molecule has 1 aromatic carbocycles. The number of nitrogens with two attached hydrogens (primary N) is 1. The van der Waals surface area contributed by atoms with Gasteiger partial charge < -0.3 is 15.2 Å². The van der Waals surface area contributed by atoms with Crippen molar-refractivity contribution in [1.82, 2.24) is 0 Å². The van der Waals surface area contributed by atoms with Crippen molar-refractivity contribution in [3.8, 4) is 5.75 Å². The second-order valence-electron chi connectivity index (χ2n) is 3.71. The first kappa shape index (κ1) is 18.5. The lowest BCUT2D eigenvalue weighted by Gasteiger charge is -2.23. The third kappa shape index (κ3) is 3.77. The van der Waals surface area contributed by atoms with E-state index in [-0.39, 0.29) is 30.3 Å². The first-order valence-electron chi connectivity index (χ1n) is 5.48. The summed E-state index contributed by atoms with van der Waals surface area (Å²) < 4.78 is 49.5. The summed E-state index contributed by atoms with van der Waals surface area (Å²) in [7, 11) is 1.19. The Morgan fingerprint density at radius 3 is 2.55 bits per heavy atom. The zero-order valence-electron chi connectivity index (χ0n) is 10.9. The molecule has 0 unspecified atom stereocenters. The van der Waals surface area contributed by atoms with Gasteiger partial charge in [-0.2, -0.15) is 8.78 Å². The average molecular weight is 314 g/mol. The number of halogens is 4. The molecule has 8 heteroatoms. The van der Waals surface area contributed by atoms with Gasteiger partial charge in [-0.25, -0.2) is 9.18 Å². The number of rotatable bonds is 5. The molecule has 2 N–H and O–H groups in total. The largest absolute Gasteiger partial charge is 0.496 e. The molecule has 1 atom stereocenters. The molecule has 20 heavy (non-hydrogen) atoms. The lowest BCUT2D eigenvalue weighted by Crippen LogP contribution is -2.41. The molecule has 4 nitrogen and oxygen atoms in total. The summed E-state index contributed by atoms with van der Waals surface area (Å²) in [4.78, 5) is 11.2. The summed E-state index contributed by atoms with van der Waals surface area (Å²) in [5.41, 5.74) is 5.20. The number of hydrogen-bond acceptors (Lipinski definition) is 4. The molecule has 1 rings (SSSR count). The van der Waals surface area contributed by atoms with Crippen molar-refractivity contribution in [2.24, 2.45) is 5.73 Å². The predicted octanol–water partition coefficient (Wildman–Crippen LogP) is 2.45. The highest BCUT2D eigenvalue weighted by Crippen LogP contribution is 2.35. The van der Waals surface area contributed by atoms with Crippen molar-refractivity contribution in [3.05, 3.63) is 29.6 Å². The van der Waals surface area contributed by atoms with Crippen molar-refractivity contribution in [1.29, 1.82) is 0 Å². The van der Waals surface area contributed by atoms with Crippen molar-refractivity contribution >= 4 is 18.4 Å². The zero-order chi connectivity index (χ0) is 14.6. The van der Waals surface area contributed by atoms with Crippen LogP contribution in [0, 0.1) is 5.82 Å². The van der Waals surface area contributed by atoms with Crippen molar-refractivity contribution in [2.45, 2.75) is 18.9 Å². The van der Waals surface area contributed by atoms with Gasteiger partial charge in [0.15, 0.2) is 0 Å². The molecule has 0 bridgehead atoms. The first-order valence-corrected chi connectivity index (χ1v) is 5.48. The second-order valence-corrected chi connectivity index (χ2v) is 3.71. The summed E-state index contributed by atoms with van der Waals surface area (Å²) in [6.07, 6.45) is 0. The highest BCUT2D eigenvalue weighted by atomic mass is 35.5. The predicted molar refractivity (Wildman–Crippen MR) is 68.7 cm³/mol. The summed E-state index contributed by atoms with van der Waals surface area (Å²) in [6, 6.07) is 0.934. The normalized spacial score (nSPS) is 12.3. The minimum absolute atomic E-state index is 0. The summed E-state index contributed by atoms with van der Waals surface area (Å²) in [5.74, 6) is -6.47. The highest BCUT2D eigenvalue weighted by Gasteiger charge is 2.48. The van der Waals surface area contributed by atoms with E-state index in [1.165, 1.54) is 14.0 Å². The van der Waals surface area contributed by atoms with Crippen LogP contribution in [0.15, 0.2) is 18.2 Å². The standard InChI is InChI=1S/C12H14F3NO3.ClH/c1-3-19-11(17)12(14,15)10(16)8-5-4-7(13)6-9(8)18-2;/h4-6,10H,3,16H2,1-2H3;1H/t10-;/m1./s1. The van der Waals surface area contributed by atoms with Gasteiger partial charge in [0.25, 0.3) is 0 Å². The molecule has 0 aliphatic rings. The molecule has 0 saturated carbocycles. The molecule has 0 aliphatic heterocycles. The maximum absolute atomic E-state index is 13.8. The van der Waals surface area contributed by atoms with E-state index in [1.807, 2.05) is 0 Å². The van der Waals surface area contributed by atoms with E-state index < -0.39 is 23.8 Å². The second kappa shape index (κ2) is 7.35. The highest BCUT2D eigenvalue weighted by molar-refractivity contribution is 5.85. The van der Waals surface area contributed by atoms with E-state index in [1.54, 1.807) is 0 Å². The Bertz CT molecular complexity index is 471. The van der Waals surface area contributed by atoms with Crippen LogP contribution in [0.5, 0.6) is 5.75 Å². The maximum atomic E-state index is 13.8. The van der Waals surface area contributed by atoms with Gasteiger partial charge in [-0.15, -0.1) is 12.4 Å². The fourth-order valence-corrected chi connectivity index (χ4v) is 1.49. The number of methoxy groups -OCH3 is 1. The van der Waals surface area contributed by atoms with Crippen LogP contribution in [0.25, 0.3) is 0 Å². The van der Waals surface area contributed by atoms with Gasteiger partial charge in [-0.1, -0.05) is 6.07 Å². The molecule has 1 aromatic rings. The lowest BCUT2D eigenvalue weighted by atomic mass is 10.0. The van der Waals surface area contributed by atoms with Crippen LogP contribution in [-0.2, 0) is 9.53 Å². The van der Waals surface area contributed by atoms with Gasteiger partial charge in [0.2, 0.25) is 0 Å². The van der Waals surface area contributed by atoms with Crippen LogP contribution in [0.4, 0.5) is 13.2 Å². The molecule has 0 spiro atoms. The van der Waals surface area contributed by atoms with Gasteiger partial charge in [0, 0.05) is 11.6 Å². The first-order chi connectivity index (χ1) is 8.84. The topological polar surface area (TPSA) is 61.5 Å². The number of carbonyl (C=O) groups is 1. The SMILES string of the molecule is CCOC(=O)C(F)(F)[C@H](N)c1ccc(F)cc1OC.Cl. The molecular formula is C12H15ClF3NO3. The van der Waals surface area contributed by atoms with Crippen molar-refractivity contribution in [3.63, 3.8) is 0 Å². The van der Waals surface area contributed by atoms with Crippen LogP contribution in [0.3, 0.4) is 0 Å². The van der Waals surface area contributed by atoms with Crippen LogP contribution >= 0.6 is 12.4 Å². The number of benzene rings is 1. The molecule has 0 amide bonds. The van der Waals surface area contributed by atoms with Crippen LogP contribution in [0.1, 0.15) is 18.5 Å². The molecule has 0 saturated heterocycles. The Morgan fingerprint density at radius 2 is 2.05 bits per heavy atom. The summed E-state index contributed by atoms with van der Waals surface area (Å²) in [6.45, 7) is 1.21. The summed E-state index contributed by atoms with van der Waals surface area (Å²) >= 11 is 0. The van der Waals surface area contributed by atoms with E-state index in [4.69, 9.17) is 10.5 Å². The van der Waals surface area contributed by atoms with Gasteiger partial charge in [-0.3, -0.25) is 0 Å². The molecule has 0 aromatic heterocycles. The Hall–Kier alpha value is -1.47. The van der Waals surface area contributed by atoms with E-state index in [0.717, 1.165) is 18.2 Å². The van der Waals surface area contributed by atoms with Crippen LogP contribution in [0.2, 0.25) is 0 Å². The van der Waals surface area contributed by atoms with Gasteiger partial charge in [-0.05, 0) is 13.0 Å². The number of ether oxygens (including phenoxy) is 2. The third-order valence-corrected chi connectivity index (χ3v) is 2.47. The van der Waals surface area contributed by atoms with Crippen LogP contribution < -0.4 is 10.5 Å². The minimum Gasteiger partial charge on any atom is -0.496 e. The van der Waals surface area contributed by atoms with Gasteiger partial charge in [0.1, 0.15) is 17.6 Å². The molecule has 0 heterocycles. The third-order valence-electron chi connectivity index (χ3n) is 2.47. The van der Waals surface area contributed by atoms with E-state index in [2.05, 4.69) is 4.74 Å². The van der Waals surface area contributed by atoms with E-state index in [0.29, 0.717) is 0 Å². The Balaban J connectivity index is 0.00000361.